The number of carbonyl (C=O) groups is 1. The fraction of sp³-hybridized carbons (Fsp3) is 0.0769. The number of anilines is 2. The van der Waals surface area contributed by atoms with Gasteiger partial charge in [-0.1, -0.05) is 5.16 Å². The van der Waals surface area contributed by atoms with Crippen molar-refractivity contribution in [3.63, 3.8) is 0 Å². The summed E-state index contributed by atoms with van der Waals surface area (Å²) in [5.41, 5.74) is 2.25. The monoisotopic (exact) mass is 285 g/mol. The van der Waals surface area contributed by atoms with Gasteiger partial charge in [-0.25, -0.2) is 14.8 Å². The molecule has 3 N–H and O–H groups in total. The van der Waals surface area contributed by atoms with Gasteiger partial charge in [-0.3, -0.25) is 0 Å². The highest BCUT2D eigenvalue weighted by Gasteiger charge is 2.12. The van der Waals surface area contributed by atoms with Crippen LogP contribution in [0.4, 0.5) is 11.8 Å². The molecule has 8 nitrogen and oxygen atoms in total. The van der Waals surface area contributed by atoms with Crippen molar-refractivity contribution in [2.75, 3.05) is 5.32 Å². The summed E-state index contributed by atoms with van der Waals surface area (Å²) in [6.07, 6.45) is 4.68. The van der Waals surface area contributed by atoms with E-state index in [1.165, 1.54) is 12.3 Å². The Kier molecular flexibility index (Phi) is 3.11. The first-order valence-electron chi connectivity index (χ1n) is 6.06. The first-order valence-corrected chi connectivity index (χ1v) is 6.06. The highest BCUT2D eigenvalue weighted by Crippen LogP contribution is 2.23. The fourth-order valence-electron chi connectivity index (χ4n) is 1.84. The zero-order valence-corrected chi connectivity index (χ0v) is 11.0. The quantitative estimate of drug-likeness (QED) is 0.672. The van der Waals surface area contributed by atoms with E-state index in [9.17, 15) is 4.79 Å². The molecule has 0 aliphatic rings. The first kappa shape index (κ1) is 12.9. The summed E-state index contributed by atoms with van der Waals surface area (Å²) in [5, 5.41) is 15.6. The van der Waals surface area contributed by atoms with Crippen LogP contribution in [-0.2, 0) is 0 Å². The van der Waals surface area contributed by atoms with Gasteiger partial charge >= 0.3 is 5.97 Å². The molecule has 0 saturated carbocycles. The molecule has 0 fully saturated rings. The van der Waals surface area contributed by atoms with Crippen molar-refractivity contribution in [1.82, 2.24) is 20.1 Å². The summed E-state index contributed by atoms with van der Waals surface area (Å²) in [6, 6.07) is 3.17. The minimum Gasteiger partial charge on any atom is -0.477 e. The Bertz CT molecular complexity index is 779. The lowest BCUT2D eigenvalue weighted by atomic mass is 10.1. The topological polar surface area (TPSA) is 117 Å². The van der Waals surface area contributed by atoms with E-state index in [1.807, 2.05) is 6.92 Å². The minimum atomic E-state index is -1.02. The van der Waals surface area contributed by atoms with Crippen molar-refractivity contribution >= 4 is 17.7 Å². The Hall–Kier alpha value is -3.16. The van der Waals surface area contributed by atoms with E-state index in [2.05, 4.69) is 25.4 Å². The van der Waals surface area contributed by atoms with Crippen LogP contribution in [0.25, 0.3) is 11.3 Å². The average Bonchev–Trinajstić information content (AvgIpc) is 3.12. The molecule has 0 aromatic carbocycles. The molecular formula is C13H11N5O3. The van der Waals surface area contributed by atoms with Gasteiger partial charge in [0.2, 0.25) is 5.95 Å². The molecule has 0 bridgehead atoms. The van der Waals surface area contributed by atoms with Crippen LogP contribution in [0.1, 0.15) is 16.1 Å². The number of carboxylic acids is 1. The van der Waals surface area contributed by atoms with Crippen LogP contribution in [0.5, 0.6) is 0 Å². The van der Waals surface area contributed by atoms with E-state index in [-0.39, 0.29) is 5.69 Å². The van der Waals surface area contributed by atoms with Crippen molar-refractivity contribution in [3.05, 3.63) is 42.0 Å². The number of aromatic nitrogens is 4. The maximum absolute atomic E-state index is 10.9. The van der Waals surface area contributed by atoms with Crippen molar-refractivity contribution in [2.24, 2.45) is 0 Å². The SMILES string of the molecule is Cc1cnc(Nc2ccon2)nc1-c1c[nH]c(C(=O)O)c1. The van der Waals surface area contributed by atoms with Crippen LogP contribution in [0.3, 0.4) is 0 Å². The zero-order valence-electron chi connectivity index (χ0n) is 11.0. The number of carboxylic acid groups (broad SMARTS) is 1. The Morgan fingerprint density at radius 2 is 2.33 bits per heavy atom. The molecule has 21 heavy (non-hydrogen) atoms. The largest absolute Gasteiger partial charge is 0.477 e. The van der Waals surface area contributed by atoms with Gasteiger partial charge < -0.3 is 19.9 Å². The third-order valence-corrected chi connectivity index (χ3v) is 2.84. The smallest absolute Gasteiger partial charge is 0.352 e. The zero-order chi connectivity index (χ0) is 14.8. The first-order chi connectivity index (χ1) is 10.1. The minimum absolute atomic E-state index is 0.106. The lowest BCUT2D eigenvalue weighted by Crippen LogP contribution is -1.99. The van der Waals surface area contributed by atoms with Gasteiger partial charge in [-0.15, -0.1) is 0 Å². The number of rotatable bonds is 4. The predicted molar refractivity (Wildman–Crippen MR) is 73.3 cm³/mol. The van der Waals surface area contributed by atoms with Gasteiger partial charge in [0.15, 0.2) is 5.82 Å². The number of hydrogen-bond acceptors (Lipinski definition) is 6. The van der Waals surface area contributed by atoms with E-state index in [4.69, 9.17) is 9.63 Å². The van der Waals surface area contributed by atoms with Gasteiger partial charge in [0.05, 0.1) is 5.69 Å². The molecule has 8 heteroatoms. The maximum Gasteiger partial charge on any atom is 0.352 e. The summed E-state index contributed by atoms with van der Waals surface area (Å²) in [5.74, 6) is -0.179. The van der Waals surface area contributed by atoms with Crippen molar-refractivity contribution < 1.29 is 14.4 Å². The number of aryl methyl sites for hydroxylation is 1. The van der Waals surface area contributed by atoms with Gasteiger partial charge in [0.25, 0.3) is 0 Å². The second-order valence-corrected chi connectivity index (χ2v) is 4.34. The molecule has 0 radical (unpaired) electrons. The van der Waals surface area contributed by atoms with Crippen LogP contribution in [0.2, 0.25) is 0 Å². The van der Waals surface area contributed by atoms with Crippen molar-refractivity contribution in [3.8, 4) is 11.3 Å². The van der Waals surface area contributed by atoms with Crippen LogP contribution in [0, 0.1) is 6.92 Å². The van der Waals surface area contributed by atoms with Crippen LogP contribution in [0.15, 0.2) is 35.3 Å². The molecule has 0 unspecified atom stereocenters. The highest BCUT2D eigenvalue weighted by molar-refractivity contribution is 5.87. The molecule has 3 aromatic rings. The summed E-state index contributed by atoms with van der Waals surface area (Å²) in [7, 11) is 0. The number of nitrogens with zero attached hydrogens (tertiary/aromatic N) is 3. The Labute approximate surface area is 118 Å². The normalized spacial score (nSPS) is 10.5. The van der Waals surface area contributed by atoms with Crippen LogP contribution < -0.4 is 5.32 Å². The summed E-state index contributed by atoms with van der Waals surface area (Å²) in [4.78, 5) is 22.1. The summed E-state index contributed by atoms with van der Waals surface area (Å²) in [6.45, 7) is 1.85. The van der Waals surface area contributed by atoms with Gasteiger partial charge in [0, 0.05) is 24.0 Å². The number of hydrogen-bond donors (Lipinski definition) is 3. The van der Waals surface area contributed by atoms with Gasteiger partial charge in [-0.05, 0) is 18.6 Å². The number of H-pyrrole nitrogens is 1. The number of nitrogens with one attached hydrogen (secondary N) is 2. The Balaban J connectivity index is 1.95. The molecule has 106 valence electrons. The lowest BCUT2D eigenvalue weighted by Gasteiger charge is -2.05. The Morgan fingerprint density at radius 1 is 1.48 bits per heavy atom. The second kappa shape index (κ2) is 5.08. The average molecular weight is 285 g/mol. The lowest BCUT2D eigenvalue weighted by molar-refractivity contribution is 0.0691. The van der Waals surface area contributed by atoms with E-state index in [0.717, 1.165) is 5.56 Å². The second-order valence-electron chi connectivity index (χ2n) is 4.34. The maximum atomic E-state index is 10.9. The number of aromatic amines is 1. The molecule has 0 aliphatic carbocycles. The van der Waals surface area contributed by atoms with Crippen LogP contribution >= 0.6 is 0 Å². The summed E-state index contributed by atoms with van der Waals surface area (Å²) >= 11 is 0. The molecular weight excluding hydrogens is 274 g/mol. The molecule has 0 saturated heterocycles. The molecule has 3 rings (SSSR count). The highest BCUT2D eigenvalue weighted by atomic mass is 16.5. The van der Waals surface area contributed by atoms with E-state index in [1.54, 1.807) is 18.5 Å². The Morgan fingerprint density at radius 3 is 3.00 bits per heavy atom. The molecule has 0 atom stereocenters. The fourth-order valence-corrected chi connectivity index (χ4v) is 1.84. The predicted octanol–water partition coefficient (Wildman–Crippen LogP) is 2.21. The molecule has 3 aromatic heterocycles. The van der Waals surface area contributed by atoms with E-state index < -0.39 is 5.97 Å². The molecule has 0 amide bonds. The standard InChI is InChI=1S/C13H11N5O3/c1-7-5-15-13(16-10-2-3-21-18-10)17-11(7)8-4-9(12(19)20)14-6-8/h2-6,14H,1H3,(H,19,20)(H,15,16,17,18). The molecule has 0 aliphatic heterocycles. The van der Waals surface area contributed by atoms with Gasteiger partial charge in [0.1, 0.15) is 12.0 Å². The van der Waals surface area contributed by atoms with E-state index in [0.29, 0.717) is 23.0 Å². The molecule has 3 heterocycles. The van der Waals surface area contributed by atoms with Crippen molar-refractivity contribution in [2.45, 2.75) is 6.92 Å². The van der Waals surface area contributed by atoms with E-state index >= 15 is 0 Å². The third kappa shape index (κ3) is 2.59. The third-order valence-electron chi connectivity index (χ3n) is 2.84. The molecule has 0 spiro atoms. The number of aromatic carboxylic acids is 1. The van der Waals surface area contributed by atoms with Crippen molar-refractivity contribution in [1.29, 1.82) is 0 Å². The van der Waals surface area contributed by atoms with Crippen LogP contribution in [-0.4, -0.2) is 31.2 Å². The van der Waals surface area contributed by atoms with Gasteiger partial charge in [-0.2, -0.15) is 0 Å². The summed E-state index contributed by atoms with van der Waals surface area (Å²) < 4.78 is 4.72.